The van der Waals surface area contributed by atoms with Crippen LogP contribution in [0.5, 0.6) is 5.75 Å². The van der Waals surface area contributed by atoms with E-state index in [1.807, 2.05) is 12.1 Å². The van der Waals surface area contributed by atoms with Gasteiger partial charge in [-0.25, -0.2) is 0 Å². The average Bonchev–Trinajstić information content (AvgIpc) is 3.10. The van der Waals surface area contributed by atoms with Gasteiger partial charge in [0.15, 0.2) is 0 Å². The van der Waals surface area contributed by atoms with Crippen LogP contribution in [0.25, 0.3) is 21.1 Å². The summed E-state index contributed by atoms with van der Waals surface area (Å²) in [6.45, 7) is 5.06. The van der Waals surface area contributed by atoms with Crippen molar-refractivity contribution in [3.63, 3.8) is 0 Å². The highest BCUT2D eigenvalue weighted by molar-refractivity contribution is 7.17. The van der Waals surface area contributed by atoms with Gasteiger partial charge in [-0.2, -0.15) is 0 Å². The molecule has 0 unspecified atom stereocenters. The molecule has 4 heteroatoms. The van der Waals surface area contributed by atoms with Crippen molar-refractivity contribution in [2.75, 3.05) is 6.61 Å². The number of unbranched alkanes of at least 4 members (excludes halogenated alkanes) is 2. The van der Waals surface area contributed by atoms with Crippen molar-refractivity contribution in [1.82, 2.24) is 10.2 Å². The number of hydrogen-bond donors (Lipinski definition) is 0. The number of rotatable bonds is 7. The van der Waals surface area contributed by atoms with Crippen molar-refractivity contribution >= 4 is 11.3 Å². The van der Waals surface area contributed by atoms with Crippen LogP contribution < -0.4 is 4.74 Å². The molecule has 0 N–H and O–H groups in total. The van der Waals surface area contributed by atoms with Gasteiger partial charge < -0.3 is 4.74 Å². The largest absolute Gasteiger partial charge is 0.494 e. The van der Waals surface area contributed by atoms with Crippen LogP contribution in [0.2, 0.25) is 0 Å². The summed E-state index contributed by atoms with van der Waals surface area (Å²) < 4.78 is 5.75. The molecule has 0 fully saturated rings. The smallest absolute Gasteiger partial charge is 0.148 e. The number of benzene rings is 2. The predicted molar refractivity (Wildman–Crippen MR) is 101 cm³/mol. The summed E-state index contributed by atoms with van der Waals surface area (Å²) in [5.41, 5.74) is 3.44. The SMILES string of the molecule is CCCCCOc1ccc(-c2nnc(-c3ccc(C)cc3)s2)cc1. The Hall–Kier alpha value is -2.20. The Morgan fingerprint density at radius 3 is 2.00 bits per heavy atom. The van der Waals surface area contributed by atoms with Crippen LogP contribution in [0.1, 0.15) is 31.7 Å². The second kappa shape index (κ2) is 8.06. The molecule has 0 saturated carbocycles. The van der Waals surface area contributed by atoms with Gasteiger partial charge in [0.25, 0.3) is 0 Å². The van der Waals surface area contributed by atoms with Gasteiger partial charge in [-0.15, -0.1) is 10.2 Å². The number of nitrogens with zero attached hydrogens (tertiary/aromatic N) is 2. The van der Waals surface area contributed by atoms with Gasteiger partial charge >= 0.3 is 0 Å². The van der Waals surface area contributed by atoms with E-state index in [4.69, 9.17) is 4.74 Å². The van der Waals surface area contributed by atoms with Gasteiger partial charge in [0, 0.05) is 11.1 Å². The molecule has 1 heterocycles. The van der Waals surface area contributed by atoms with E-state index >= 15 is 0 Å². The van der Waals surface area contributed by atoms with Crippen molar-refractivity contribution in [3.8, 4) is 26.9 Å². The Morgan fingerprint density at radius 2 is 1.42 bits per heavy atom. The van der Waals surface area contributed by atoms with Gasteiger partial charge in [-0.1, -0.05) is 60.9 Å². The Kier molecular flexibility index (Phi) is 5.59. The van der Waals surface area contributed by atoms with Crippen LogP contribution in [0.4, 0.5) is 0 Å². The molecule has 0 aliphatic rings. The molecule has 2 aromatic carbocycles. The molecule has 0 amide bonds. The fraction of sp³-hybridized carbons (Fsp3) is 0.300. The molecule has 3 nitrogen and oxygen atoms in total. The minimum absolute atomic E-state index is 0.781. The van der Waals surface area contributed by atoms with Crippen molar-refractivity contribution in [1.29, 1.82) is 0 Å². The van der Waals surface area contributed by atoms with Crippen molar-refractivity contribution in [2.24, 2.45) is 0 Å². The van der Waals surface area contributed by atoms with Gasteiger partial charge in [-0.05, 0) is 37.6 Å². The quantitative estimate of drug-likeness (QED) is 0.514. The van der Waals surface area contributed by atoms with Crippen molar-refractivity contribution in [2.45, 2.75) is 33.1 Å². The molecular formula is C20H22N2OS. The molecule has 0 saturated heterocycles. The zero-order valence-corrected chi connectivity index (χ0v) is 15.0. The first-order valence-corrected chi connectivity index (χ1v) is 9.21. The zero-order chi connectivity index (χ0) is 16.8. The number of aryl methyl sites for hydroxylation is 1. The van der Waals surface area contributed by atoms with Gasteiger partial charge in [-0.3, -0.25) is 0 Å². The van der Waals surface area contributed by atoms with E-state index in [2.05, 4.69) is 60.4 Å². The van der Waals surface area contributed by atoms with E-state index in [1.165, 1.54) is 18.4 Å². The highest BCUT2D eigenvalue weighted by atomic mass is 32.1. The lowest BCUT2D eigenvalue weighted by atomic mass is 10.2. The van der Waals surface area contributed by atoms with E-state index in [0.717, 1.165) is 39.9 Å². The maximum Gasteiger partial charge on any atom is 0.148 e. The molecule has 124 valence electrons. The molecule has 24 heavy (non-hydrogen) atoms. The molecule has 0 aliphatic heterocycles. The van der Waals surface area contributed by atoms with Gasteiger partial charge in [0.2, 0.25) is 0 Å². The van der Waals surface area contributed by atoms with Crippen molar-refractivity contribution in [3.05, 3.63) is 54.1 Å². The first-order chi connectivity index (χ1) is 11.8. The maximum atomic E-state index is 5.75. The molecule has 0 spiro atoms. The van der Waals surface area contributed by atoms with Crippen LogP contribution in [0.15, 0.2) is 48.5 Å². The van der Waals surface area contributed by atoms with E-state index < -0.39 is 0 Å². The van der Waals surface area contributed by atoms with E-state index in [-0.39, 0.29) is 0 Å². The average molecular weight is 338 g/mol. The maximum absolute atomic E-state index is 5.75. The summed E-state index contributed by atoms with van der Waals surface area (Å²) in [6.07, 6.45) is 3.53. The van der Waals surface area contributed by atoms with E-state index in [1.54, 1.807) is 11.3 Å². The highest BCUT2D eigenvalue weighted by Crippen LogP contribution is 2.30. The lowest BCUT2D eigenvalue weighted by molar-refractivity contribution is 0.306. The third-order valence-electron chi connectivity index (χ3n) is 3.84. The summed E-state index contributed by atoms with van der Waals surface area (Å²) in [4.78, 5) is 0. The molecule has 0 atom stereocenters. The molecule has 3 rings (SSSR count). The summed E-state index contributed by atoms with van der Waals surface area (Å²) in [7, 11) is 0. The second-order valence-corrected chi connectivity index (χ2v) is 6.84. The van der Waals surface area contributed by atoms with Crippen molar-refractivity contribution < 1.29 is 4.74 Å². The van der Waals surface area contributed by atoms with Crippen LogP contribution >= 0.6 is 11.3 Å². The Balaban J connectivity index is 1.67. The fourth-order valence-electron chi connectivity index (χ4n) is 2.39. The van der Waals surface area contributed by atoms with Gasteiger partial charge in [0.05, 0.1) is 6.61 Å². The molecule has 0 radical (unpaired) electrons. The highest BCUT2D eigenvalue weighted by Gasteiger charge is 2.08. The molecule has 3 aromatic rings. The third kappa shape index (κ3) is 4.20. The van der Waals surface area contributed by atoms with Crippen LogP contribution in [0.3, 0.4) is 0 Å². The summed E-state index contributed by atoms with van der Waals surface area (Å²) >= 11 is 1.61. The van der Waals surface area contributed by atoms with Gasteiger partial charge in [0.1, 0.15) is 15.8 Å². The standard InChI is InChI=1S/C20H22N2OS/c1-3-4-5-14-23-18-12-10-17(11-13-18)20-22-21-19(24-20)16-8-6-15(2)7-9-16/h6-13H,3-5,14H2,1-2H3. The first-order valence-electron chi connectivity index (χ1n) is 8.40. The summed E-state index contributed by atoms with van der Waals surface area (Å²) in [5, 5.41) is 10.5. The lowest BCUT2D eigenvalue weighted by Crippen LogP contribution is -1.96. The van der Waals surface area contributed by atoms with Crippen LogP contribution in [0, 0.1) is 6.92 Å². The Bertz CT molecular complexity index is 763. The summed E-state index contributed by atoms with van der Waals surface area (Å²) in [6, 6.07) is 16.5. The normalized spacial score (nSPS) is 10.8. The Morgan fingerprint density at radius 1 is 0.833 bits per heavy atom. The molecule has 0 aliphatic carbocycles. The Labute approximate surface area is 147 Å². The lowest BCUT2D eigenvalue weighted by Gasteiger charge is -2.05. The minimum atomic E-state index is 0.781. The monoisotopic (exact) mass is 338 g/mol. The van der Waals surface area contributed by atoms with E-state index in [0.29, 0.717) is 0 Å². The third-order valence-corrected chi connectivity index (χ3v) is 4.86. The summed E-state index contributed by atoms with van der Waals surface area (Å²) in [5.74, 6) is 0.915. The predicted octanol–water partition coefficient (Wildman–Crippen LogP) is 5.75. The minimum Gasteiger partial charge on any atom is -0.494 e. The first kappa shape index (κ1) is 16.7. The van der Waals surface area contributed by atoms with Crippen LogP contribution in [-0.2, 0) is 0 Å². The number of ether oxygens (including phenoxy) is 1. The second-order valence-electron chi connectivity index (χ2n) is 5.86. The topological polar surface area (TPSA) is 35.0 Å². The number of hydrogen-bond acceptors (Lipinski definition) is 4. The molecule has 0 bridgehead atoms. The van der Waals surface area contributed by atoms with E-state index in [9.17, 15) is 0 Å². The van der Waals surface area contributed by atoms with Crippen LogP contribution in [-0.4, -0.2) is 16.8 Å². The fourth-order valence-corrected chi connectivity index (χ4v) is 3.24. The number of aromatic nitrogens is 2. The molecule has 1 aromatic heterocycles. The zero-order valence-electron chi connectivity index (χ0n) is 14.2. The molecular weight excluding hydrogens is 316 g/mol.